The van der Waals surface area contributed by atoms with Crippen molar-refractivity contribution < 1.29 is 17.9 Å². The lowest BCUT2D eigenvalue weighted by Crippen LogP contribution is -2.27. The van der Waals surface area contributed by atoms with Crippen LogP contribution < -0.4 is 5.73 Å². The van der Waals surface area contributed by atoms with Gasteiger partial charge in [-0.15, -0.1) is 23.1 Å². The first kappa shape index (κ1) is 21.6. The van der Waals surface area contributed by atoms with Gasteiger partial charge in [-0.1, -0.05) is 0 Å². The number of carbonyl (C=O) groups is 1. The number of esters is 1. The summed E-state index contributed by atoms with van der Waals surface area (Å²) in [5, 5.41) is 10.2. The molecule has 3 heterocycles. The standard InChI is InChI=1S/C18H20N4O4S3/c1-2-26-18(23)16-14(13(9-19)17(20)28-16)11-27-15-6-5-12(10-21-15)29(24,25)22-7-3-4-8-22/h5-6,10H,2-4,7-8,11,20H2,1H3. The molecule has 1 fully saturated rings. The molecule has 0 aromatic carbocycles. The van der Waals surface area contributed by atoms with Gasteiger partial charge in [0.15, 0.2) is 0 Å². The normalized spacial score (nSPS) is 14.6. The largest absolute Gasteiger partial charge is 0.462 e. The molecular weight excluding hydrogens is 432 g/mol. The summed E-state index contributed by atoms with van der Waals surface area (Å²) >= 11 is 2.32. The van der Waals surface area contributed by atoms with Crippen LogP contribution >= 0.6 is 23.1 Å². The monoisotopic (exact) mass is 452 g/mol. The number of hydrogen-bond acceptors (Lipinski definition) is 9. The molecule has 1 saturated heterocycles. The zero-order valence-corrected chi connectivity index (χ0v) is 18.2. The number of pyridine rings is 1. The summed E-state index contributed by atoms with van der Waals surface area (Å²) in [6, 6.07) is 5.19. The zero-order valence-electron chi connectivity index (χ0n) is 15.8. The number of thiophene rings is 1. The van der Waals surface area contributed by atoms with E-state index >= 15 is 0 Å². The van der Waals surface area contributed by atoms with E-state index < -0.39 is 16.0 Å². The Morgan fingerprint density at radius 1 is 1.41 bits per heavy atom. The minimum atomic E-state index is -3.51. The summed E-state index contributed by atoms with van der Waals surface area (Å²) in [5.41, 5.74) is 6.65. The fourth-order valence-corrected chi connectivity index (χ4v) is 6.29. The Balaban J connectivity index is 1.77. The number of ether oxygens (including phenoxy) is 1. The Hall–Kier alpha value is -2.13. The predicted octanol–water partition coefficient (Wildman–Crippen LogP) is 2.85. The molecule has 2 aromatic heterocycles. The number of aromatic nitrogens is 1. The number of hydrogen-bond donors (Lipinski definition) is 1. The first-order valence-electron chi connectivity index (χ1n) is 8.95. The van der Waals surface area contributed by atoms with Gasteiger partial charge in [0, 0.05) is 30.6 Å². The maximum absolute atomic E-state index is 12.6. The van der Waals surface area contributed by atoms with E-state index in [-0.39, 0.29) is 27.8 Å². The maximum atomic E-state index is 12.6. The van der Waals surface area contributed by atoms with Crippen molar-refractivity contribution in [2.75, 3.05) is 25.4 Å². The van der Waals surface area contributed by atoms with Gasteiger partial charge in [0.2, 0.25) is 10.0 Å². The molecule has 0 spiro atoms. The van der Waals surface area contributed by atoms with Gasteiger partial charge in [0.25, 0.3) is 0 Å². The second kappa shape index (κ2) is 9.13. The summed E-state index contributed by atoms with van der Waals surface area (Å²) < 4.78 is 31.7. The Morgan fingerprint density at radius 3 is 2.72 bits per heavy atom. The van der Waals surface area contributed by atoms with Crippen LogP contribution in [0.2, 0.25) is 0 Å². The van der Waals surface area contributed by atoms with Crippen LogP contribution in [0.15, 0.2) is 28.3 Å². The number of anilines is 1. The highest BCUT2D eigenvalue weighted by Crippen LogP contribution is 2.35. The lowest BCUT2D eigenvalue weighted by Gasteiger charge is -2.15. The minimum absolute atomic E-state index is 0.161. The highest BCUT2D eigenvalue weighted by atomic mass is 32.2. The molecule has 0 bridgehead atoms. The van der Waals surface area contributed by atoms with E-state index in [1.54, 1.807) is 13.0 Å². The molecule has 29 heavy (non-hydrogen) atoms. The van der Waals surface area contributed by atoms with Gasteiger partial charge in [-0.3, -0.25) is 0 Å². The summed E-state index contributed by atoms with van der Waals surface area (Å²) in [5.74, 6) is -0.225. The highest BCUT2D eigenvalue weighted by Gasteiger charge is 2.27. The van der Waals surface area contributed by atoms with Crippen molar-refractivity contribution in [3.8, 4) is 6.07 Å². The van der Waals surface area contributed by atoms with Crippen molar-refractivity contribution in [3.63, 3.8) is 0 Å². The van der Waals surface area contributed by atoms with Gasteiger partial charge in [-0.25, -0.2) is 18.2 Å². The topological polar surface area (TPSA) is 126 Å². The lowest BCUT2D eigenvalue weighted by molar-refractivity contribution is 0.0531. The molecular formula is C18H20N4O4S3. The third-order valence-corrected chi connectivity index (χ3v) is 8.28. The zero-order chi connectivity index (χ0) is 21.0. The predicted molar refractivity (Wildman–Crippen MR) is 111 cm³/mol. The van der Waals surface area contributed by atoms with E-state index in [2.05, 4.69) is 4.98 Å². The van der Waals surface area contributed by atoms with Gasteiger partial charge in [-0.05, 0) is 31.9 Å². The quantitative estimate of drug-likeness (QED) is 0.502. The molecule has 11 heteroatoms. The summed E-state index contributed by atoms with van der Waals surface area (Å²) in [6.07, 6.45) is 3.08. The van der Waals surface area contributed by atoms with Crippen LogP contribution in [0.5, 0.6) is 0 Å². The van der Waals surface area contributed by atoms with Gasteiger partial charge in [0.1, 0.15) is 20.8 Å². The van der Waals surface area contributed by atoms with Crippen molar-refractivity contribution in [1.29, 1.82) is 5.26 Å². The molecule has 8 nitrogen and oxygen atoms in total. The van der Waals surface area contributed by atoms with Crippen LogP contribution in [0.4, 0.5) is 5.00 Å². The van der Waals surface area contributed by atoms with E-state index in [4.69, 9.17) is 10.5 Å². The SMILES string of the molecule is CCOC(=O)c1sc(N)c(C#N)c1CSc1ccc(S(=O)(=O)N2CCCC2)cn1. The number of carbonyl (C=O) groups excluding carboxylic acids is 1. The van der Waals surface area contributed by atoms with Crippen LogP contribution in [-0.4, -0.2) is 43.4 Å². The molecule has 0 radical (unpaired) electrons. The average Bonchev–Trinajstić information content (AvgIpc) is 3.35. The number of rotatable bonds is 7. The molecule has 2 aromatic rings. The molecule has 0 amide bonds. The molecule has 0 atom stereocenters. The van der Waals surface area contributed by atoms with Crippen molar-refractivity contribution in [2.45, 2.75) is 35.4 Å². The molecule has 0 aliphatic carbocycles. The number of thioether (sulfide) groups is 1. The van der Waals surface area contributed by atoms with Crippen LogP contribution in [0, 0.1) is 11.3 Å². The van der Waals surface area contributed by atoms with Crippen molar-refractivity contribution in [2.24, 2.45) is 0 Å². The van der Waals surface area contributed by atoms with Crippen molar-refractivity contribution in [1.82, 2.24) is 9.29 Å². The summed E-state index contributed by atoms with van der Waals surface area (Å²) in [4.78, 5) is 16.9. The highest BCUT2D eigenvalue weighted by molar-refractivity contribution is 7.98. The molecule has 2 N–H and O–H groups in total. The second-order valence-electron chi connectivity index (χ2n) is 6.21. The van der Waals surface area contributed by atoms with E-state index in [1.807, 2.05) is 6.07 Å². The molecule has 0 saturated carbocycles. The van der Waals surface area contributed by atoms with Crippen LogP contribution in [0.25, 0.3) is 0 Å². The Bertz CT molecular complexity index is 1040. The van der Waals surface area contributed by atoms with E-state index in [0.717, 1.165) is 24.2 Å². The molecule has 0 unspecified atom stereocenters. The van der Waals surface area contributed by atoms with Gasteiger partial charge in [0.05, 0.1) is 17.2 Å². The lowest BCUT2D eigenvalue weighted by atomic mass is 10.2. The minimum Gasteiger partial charge on any atom is -0.462 e. The van der Waals surface area contributed by atoms with Crippen LogP contribution in [0.3, 0.4) is 0 Å². The third-order valence-electron chi connectivity index (χ3n) is 4.38. The number of nitrogens with zero attached hydrogens (tertiary/aromatic N) is 3. The van der Waals surface area contributed by atoms with Gasteiger partial charge >= 0.3 is 5.97 Å². The van der Waals surface area contributed by atoms with E-state index in [0.29, 0.717) is 28.6 Å². The van der Waals surface area contributed by atoms with Crippen LogP contribution in [-0.2, 0) is 20.5 Å². The molecule has 154 valence electrons. The Kier molecular flexibility index (Phi) is 6.79. The van der Waals surface area contributed by atoms with Gasteiger partial charge in [-0.2, -0.15) is 9.57 Å². The number of nitrogens with two attached hydrogens (primary N) is 1. The average molecular weight is 453 g/mol. The molecule has 1 aliphatic heterocycles. The molecule has 1 aliphatic rings. The van der Waals surface area contributed by atoms with Crippen molar-refractivity contribution >= 4 is 44.1 Å². The maximum Gasteiger partial charge on any atom is 0.348 e. The fourth-order valence-electron chi connectivity index (χ4n) is 2.93. The molecule has 3 rings (SSSR count). The first-order valence-corrected chi connectivity index (χ1v) is 12.2. The smallest absolute Gasteiger partial charge is 0.348 e. The Morgan fingerprint density at radius 2 is 2.14 bits per heavy atom. The fraction of sp³-hybridized carbons (Fsp3) is 0.389. The van der Waals surface area contributed by atoms with Crippen LogP contribution in [0.1, 0.15) is 40.6 Å². The number of sulfonamides is 1. The van der Waals surface area contributed by atoms with Gasteiger partial charge < -0.3 is 10.5 Å². The Labute approximate surface area is 177 Å². The van der Waals surface area contributed by atoms with E-state index in [9.17, 15) is 18.5 Å². The second-order valence-corrected chi connectivity index (χ2v) is 10.2. The first-order chi connectivity index (χ1) is 13.9. The third kappa shape index (κ3) is 4.56. The number of nitriles is 1. The number of nitrogen functional groups attached to an aromatic ring is 1. The van der Waals surface area contributed by atoms with E-state index in [1.165, 1.54) is 28.3 Å². The summed E-state index contributed by atoms with van der Waals surface area (Å²) in [7, 11) is -3.51. The van der Waals surface area contributed by atoms with Crippen molar-refractivity contribution in [3.05, 3.63) is 34.3 Å². The summed E-state index contributed by atoms with van der Waals surface area (Å²) in [6.45, 7) is 2.99.